The van der Waals surface area contributed by atoms with E-state index in [9.17, 15) is 17.6 Å². The van der Waals surface area contributed by atoms with Crippen molar-refractivity contribution in [1.82, 2.24) is 0 Å². The minimum Gasteiger partial charge on any atom is -0.490 e. The van der Waals surface area contributed by atoms with Crippen LogP contribution in [0.1, 0.15) is 88.2 Å². The standard InChI is InChI=1S/C28H36F4O2/c1-3-4-5-6-7-8-17-33-23-16-14-22(26(30)28(23)32)21-12-10-20(11-13-21)18-34-24-15-9-19(2)25(29)27(24)31/h9,14-16,20-21H,3-8,10-13,17-18H2,1-2H3. The van der Waals surface area contributed by atoms with Gasteiger partial charge in [0.15, 0.2) is 23.1 Å². The molecule has 1 aliphatic carbocycles. The van der Waals surface area contributed by atoms with Crippen LogP contribution in [0.15, 0.2) is 24.3 Å². The minimum absolute atomic E-state index is 0.0238. The molecule has 0 atom stereocenters. The number of ether oxygens (including phenoxy) is 2. The summed E-state index contributed by atoms with van der Waals surface area (Å²) in [6, 6.07) is 6.10. The summed E-state index contributed by atoms with van der Waals surface area (Å²) in [7, 11) is 0. The van der Waals surface area contributed by atoms with Gasteiger partial charge in [-0.2, -0.15) is 8.78 Å². The van der Waals surface area contributed by atoms with E-state index in [1.807, 2.05) is 0 Å². The Hall–Kier alpha value is -2.24. The molecule has 0 unspecified atom stereocenters. The molecule has 0 radical (unpaired) electrons. The second-order valence-electron chi connectivity index (χ2n) is 9.43. The number of hydrogen-bond donors (Lipinski definition) is 0. The van der Waals surface area contributed by atoms with E-state index in [4.69, 9.17) is 9.47 Å². The Kier molecular flexibility index (Phi) is 10.1. The highest BCUT2D eigenvalue weighted by molar-refractivity contribution is 5.33. The van der Waals surface area contributed by atoms with E-state index in [0.29, 0.717) is 25.0 Å². The molecule has 2 aromatic carbocycles. The van der Waals surface area contributed by atoms with Gasteiger partial charge in [-0.3, -0.25) is 0 Å². The van der Waals surface area contributed by atoms with Crippen LogP contribution < -0.4 is 9.47 Å². The average molecular weight is 481 g/mol. The number of rotatable bonds is 12. The minimum atomic E-state index is -0.968. The van der Waals surface area contributed by atoms with E-state index in [1.54, 1.807) is 6.07 Å². The van der Waals surface area contributed by atoms with Gasteiger partial charge in [-0.25, -0.2) is 8.78 Å². The molecular formula is C28H36F4O2. The van der Waals surface area contributed by atoms with Crippen molar-refractivity contribution in [2.45, 2.75) is 84.0 Å². The van der Waals surface area contributed by atoms with Crippen LogP contribution in [0.2, 0.25) is 0 Å². The summed E-state index contributed by atoms with van der Waals surface area (Å²) in [6.45, 7) is 4.33. The van der Waals surface area contributed by atoms with Crippen molar-refractivity contribution in [3.05, 3.63) is 58.7 Å². The molecule has 0 saturated heterocycles. The molecular weight excluding hydrogens is 444 g/mol. The maximum atomic E-state index is 14.8. The first-order valence-corrected chi connectivity index (χ1v) is 12.6. The summed E-state index contributed by atoms with van der Waals surface area (Å²) in [6.07, 6.45) is 9.48. The summed E-state index contributed by atoms with van der Waals surface area (Å²) in [5.74, 6) is -3.62. The van der Waals surface area contributed by atoms with Crippen molar-refractivity contribution in [3.63, 3.8) is 0 Å². The van der Waals surface area contributed by atoms with Crippen LogP contribution in [0.3, 0.4) is 0 Å². The smallest absolute Gasteiger partial charge is 0.200 e. The van der Waals surface area contributed by atoms with Crippen molar-refractivity contribution < 1.29 is 27.0 Å². The van der Waals surface area contributed by atoms with E-state index in [1.165, 1.54) is 44.4 Å². The zero-order valence-electron chi connectivity index (χ0n) is 20.3. The zero-order chi connectivity index (χ0) is 24.5. The van der Waals surface area contributed by atoms with Gasteiger partial charge in [0, 0.05) is 0 Å². The molecule has 0 amide bonds. The molecule has 0 heterocycles. The fourth-order valence-electron chi connectivity index (χ4n) is 4.63. The van der Waals surface area contributed by atoms with Crippen molar-refractivity contribution in [2.75, 3.05) is 13.2 Å². The molecule has 0 aliphatic heterocycles. The first-order valence-electron chi connectivity index (χ1n) is 12.6. The average Bonchev–Trinajstić information content (AvgIpc) is 2.84. The third-order valence-electron chi connectivity index (χ3n) is 6.83. The largest absolute Gasteiger partial charge is 0.490 e. The maximum Gasteiger partial charge on any atom is 0.200 e. The lowest BCUT2D eigenvalue weighted by molar-refractivity contribution is 0.191. The Balaban J connectivity index is 1.46. The molecule has 1 aliphatic rings. The molecule has 1 fully saturated rings. The number of unbranched alkanes of at least 4 members (excludes halogenated alkanes) is 5. The van der Waals surface area contributed by atoms with Gasteiger partial charge < -0.3 is 9.47 Å². The van der Waals surface area contributed by atoms with Gasteiger partial charge in [-0.15, -0.1) is 0 Å². The van der Waals surface area contributed by atoms with Crippen molar-refractivity contribution in [3.8, 4) is 11.5 Å². The number of halogens is 4. The van der Waals surface area contributed by atoms with E-state index >= 15 is 0 Å². The maximum absolute atomic E-state index is 14.8. The van der Waals surface area contributed by atoms with Gasteiger partial charge in [0.1, 0.15) is 0 Å². The summed E-state index contributed by atoms with van der Waals surface area (Å²) in [5, 5.41) is 0. The fraction of sp³-hybridized carbons (Fsp3) is 0.571. The molecule has 0 aromatic heterocycles. The topological polar surface area (TPSA) is 18.5 Å². The van der Waals surface area contributed by atoms with Crippen LogP contribution in [0.4, 0.5) is 17.6 Å². The van der Waals surface area contributed by atoms with Gasteiger partial charge in [0.05, 0.1) is 13.2 Å². The van der Waals surface area contributed by atoms with Gasteiger partial charge in [0.2, 0.25) is 11.6 Å². The van der Waals surface area contributed by atoms with Crippen molar-refractivity contribution in [1.29, 1.82) is 0 Å². The Morgan fingerprint density at radius 1 is 0.706 bits per heavy atom. The van der Waals surface area contributed by atoms with Crippen molar-refractivity contribution in [2.24, 2.45) is 5.92 Å². The molecule has 34 heavy (non-hydrogen) atoms. The Bertz CT molecular complexity index is 923. The fourth-order valence-corrected chi connectivity index (χ4v) is 4.63. The molecule has 6 heteroatoms. The quantitative estimate of drug-likeness (QED) is 0.224. The van der Waals surface area contributed by atoms with E-state index in [0.717, 1.165) is 32.1 Å². The second-order valence-corrected chi connectivity index (χ2v) is 9.43. The Morgan fingerprint density at radius 3 is 2.06 bits per heavy atom. The van der Waals surface area contributed by atoms with Gasteiger partial charge in [0.25, 0.3) is 0 Å². The number of aryl methyl sites for hydroxylation is 1. The van der Waals surface area contributed by atoms with Crippen LogP contribution in [0.25, 0.3) is 0 Å². The highest BCUT2D eigenvalue weighted by atomic mass is 19.2. The normalized spacial score (nSPS) is 18.2. The van der Waals surface area contributed by atoms with Crippen LogP contribution >= 0.6 is 0 Å². The summed E-state index contributed by atoms with van der Waals surface area (Å²) >= 11 is 0. The first kappa shape index (κ1) is 26.4. The molecule has 2 aromatic rings. The monoisotopic (exact) mass is 480 g/mol. The second kappa shape index (κ2) is 13.0. The van der Waals surface area contributed by atoms with E-state index in [-0.39, 0.29) is 35.5 Å². The van der Waals surface area contributed by atoms with Crippen LogP contribution in [0, 0.1) is 36.1 Å². The SMILES string of the molecule is CCCCCCCCOc1ccc(C2CCC(COc3ccc(C)c(F)c3F)CC2)c(F)c1F. The molecule has 0 bridgehead atoms. The molecule has 1 saturated carbocycles. The lowest BCUT2D eigenvalue weighted by Gasteiger charge is -2.29. The van der Waals surface area contributed by atoms with E-state index in [2.05, 4.69) is 6.92 Å². The number of hydrogen-bond acceptors (Lipinski definition) is 2. The summed E-state index contributed by atoms with van der Waals surface area (Å²) in [4.78, 5) is 0. The summed E-state index contributed by atoms with van der Waals surface area (Å²) in [5.41, 5.74) is 0.619. The Morgan fingerprint density at radius 2 is 1.32 bits per heavy atom. The van der Waals surface area contributed by atoms with Crippen LogP contribution in [-0.2, 0) is 0 Å². The third kappa shape index (κ3) is 6.89. The van der Waals surface area contributed by atoms with Gasteiger partial charge in [-0.05, 0) is 74.1 Å². The van der Waals surface area contributed by atoms with Crippen LogP contribution in [-0.4, -0.2) is 13.2 Å². The zero-order valence-corrected chi connectivity index (χ0v) is 20.3. The molecule has 3 rings (SSSR count). The lowest BCUT2D eigenvalue weighted by Crippen LogP contribution is -2.20. The Labute approximate surface area is 200 Å². The molecule has 0 N–H and O–H groups in total. The molecule has 188 valence electrons. The van der Waals surface area contributed by atoms with Gasteiger partial charge in [-0.1, -0.05) is 51.2 Å². The first-order chi connectivity index (χ1) is 16.4. The lowest BCUT2D eigenvalue weighted by atomic mass is 9.79. The van der Waals surface area contributed by atoms with Crippen molar-refractivity contribution >= 4 is 0 Å². The van der Waals surface area contributed by atoms with E-state index < -0.39 is 23.3 Å². The molecule has 0 spiro atoms. The van der Waals surface area contributed by atoms with Crippen LogP contribution in [0.5, 0.6) is 11.5 Å². The summed E-state index contributed by atoms with van der Waals surface area (Å²) < 4.78 is 68.1. The third-order valence-corrected chi connectivity index (χ3v) is 6.83. The predicted molar refractivity (Wildman–Crippen MR) is 127 cm³/mol. The predicted octanol–water partition coefficient (Wildman–Crippen LogP) is 8.64. The number of benzene rings is 2. The van der Waals surface area contributed by atoms with Gasteiger partial charge >= 0.3 is 0 Å². The highest BCUT2D eigenvalue weighted by Crippen LogP contribution is 2.39. The highest BCUT2D eigenvalue weighted by Gasteiger charge is 2.27. The molecule has 2 nitrogen and oxygen atoms in total.